The molecule has 1 saturated heterocycles. The van der Waals surface area contributed by atoms with Crippen molar-refractivity contribution >= 4 is 28.9 Å². The molecule has 0 aliphatic carbocycles. The molecule has 1 fully saturated rings. The van der Waals surface area contributed by atoms with Crippen LogP contribution in [0.3, 0.4) is 0 Å². The number of amides is 1. The van der Waals surface area contributed by atoms with E-state index in [4.69, 9.17) is 14.6 Å². The zero-order chi connectivity index (χ0) is 23.8. The maximum absolute atomic E-state index is 12.5. The number of ether oxygens (including phenoxy) is 2. The van der Waals surface area contributed by atoms with Crippen molar-refractivity contribution in [3.05, 3.63) is 58.1 Å². The molecule has 0 aromatic heterocycles. The number of carbonyl (C=O) groups excluding carboxylic acids is 2. The maximum atomic E-state index is 12.5. The van der Waals surface area contributed by atoms with E-state index in [9.17, 15) is 19.7 Å². The summed E-state index contributed by atoms with van der Waals surface area (Å²) in [6.07, 6.45) is 0. The minimum absolute atomic E-state index is 0.0743. The smallest absolute Gasteiger partial charge is 0.341 e. The Hall–Kier alpha value is -3.86. The number of anilines is 2. The van der Waals surface area contributed by atoms with Gasteiger partial charge in [0, 0.05) is 56.2 Å². The molecule has 2 aromatic rings. The normalized spacial score (nSPS) is 13.4. The third-order valence-electron chi connectivity index (χ3n) is 5.26. The number of esters is 1. The van der Waals surface area contributed by atoms with Crippen molar-refractivity contribution in [3.63, 3.8) is 0 Å². The van der Waals surface area contributed by atoms with Crippen molar-refractivity contribution in [2.75, 3.05) is 63.3 Å². The SMILES string of the molecule is COc1ccc(N2CCN(C(=O)COC(=O)c3cc([N+](=O)[O-])ccc3NCCO)CC2)cc1. The summed E-state index contributed by atoms with van der Waals surface area (Å²) < 4.78 is 10.3. The molecule has 0 unspecified atom stereocenters. The van der Waals surface area contributed by atoms with Gasteiger partial charge < -0.3 is 29.7 Å². The summed E-state index contributed by atoms with van der Waals surface area (Å²) in [5, 5.41) is 22.9. The number of piperazine rings is 1. The molecular weight excluding hydrogens is 432 g/mol. The third-order valence-corrected chi connectivity index (χ3v) is 5.26. The van der Waals surface area contributed by atoms with Gasteiger partial charge in [0.2, 0.25) is 0 Å². The minimum atomic E-state index is -0.857. The fraction of sp³-hybridized carbons (Fsp3) is 0.364. The van der Waals surface area contributed by atoms with Gasteiger partial charge in [-0.25, -0.2) is 4.79 Å². The zero-order valence-electron chi connectivity index (χ0n) is 18.2. The summed E-state index contributed by atoms with van der Waals surface area (Å²) in [5.41, 5.74) is 0.954. The number of rotatable bonds is 9. The van der Waals surface area contributed by atoms with Crippen molar-refractivity contribution in [2.45, 2.75) is 0 Å². The summed E-state index contributed by atoms with van der Waals surface area (Å²) in [5.74, 6) is -0.426. The second-order valence-electron chi connectivity index (χ2n) is 7.28. The zero-order valence-corrected chi connectivity index (χ0v) is 18.2. The number of non-ortho nitro benzene ring substituents is 1. The number of aliphatic hydroxyl groups is 1. The van der Waals surface area contributed by atoms with Gasteiger partial charge in [-0.2, -0.15) is 0 Å². The Labute approximate surface area is 190 Å². The first-order valence-corrected chi connectivity index (χ1v) is 10.4. The topological polar surface area (TPSA) is 134 Å². The summed E-state index contributed by atoms with van der Waals surface area (Å²) in [6.45, 7) is 1.70. The lowest BCUT2D eigenvalue weighted by atomic mass is 10.1. The number of benzene rings is 2. The van der Waals surface area contributed by atoms with Crippen molar-refractivity contribution < 1.29 is 29.1 Å². The lowest BCUT2D eigenvalue weighted by Crippen LogP contribution is -2.49. The molecule has 1 aliphatic heterocycles. The number of hydrogen-bond donors (Lipinski definition) is 2. The van der Waals surface area contributed by atoms with Crippen LogP contribution in [0.25, 0.3) is 0 Å². The Morgan fingerprint density at radius 2 is 1.82 bits per heavy atom. The molecule has 2 N–H and O–H groups in total. The van der Waals surface area contributed by atoms with E-state index in [2.05, 4.69) is 10.2 Å². The van der Waals surface area contributed by atoms with Gasteiger partial charge in [-0.3, -0.25) is 14.9 Å². The molecule has 176 valence electrons. The van der Waals surface area contributed by atoms with Gasteiger partial charge in [0.05, 0.1) is 24.2 Å². The van der Waals surface area contributed by atoms with Crippen LogP contribution in [-0.4, -0.2) is 79.9 Å². The van der Waals surface area contributed by atoms with Gasteiger partial charge in [0.15, 0.2) is 6.61 Å². The van der Waals surface area contributed by atoms with Crippen LogP contribution in [0.4, 0.5) is 17.1 Å². The van der Waals surface area contributed by atoms with Crippen LogP contribution in [-0.2, 0) is 9.53 Å². The summed E-state index contributed by atoms with van der Waals surface area (Å²) in [4.78, 5) is 39.3. The fourth-order valence-electron chi connectivity index (χ4n) is 3.46. The van der Waals surface area contributed by atoms with E-state index in [0.29, 0.717) is 26.2 Å². The van der Waals surface area contributed by atoms with E-state index in [1.807, 2.05) is 24.3 Å². The monoisotopic (exact) mass is 458 g/mol. The predicted molar refractivity (Wildman–Crippen MR) is 121 cm³/mol. The molecule has 2 aromatic carbocycles. The molecule has 0 spiro atoms. The van der Waals surface area contributed by atoms with Gasteiger partial charge in [0.25, 0.3) is 11.6 Å². The van der Waals surface area contributed by atoms with Crippen LogP contribution in [0.15, 0.2) is 42.5 Å². The predicted octanol–water partition coefficient (Wildman–Crippen LogP) is 1.51. The lowest BCUT2D eigenvalue weighted by Gasteiger charge is -2.36. The molecule has 0 atom stereocenters. The number of nitro groups is 1. The van der Waals surface area contributed by atoms with Crippen LogP contribution in [0.5, 0.6) is 5.75 Å². The van der Waals surface area contributed by atoms with Gasteiger partial charge in [-0.1, -0.05) is 0 Å². The van der Waals surface area contributed by atoms with E-state index >= 15 is 0 Å². The van der Waals surface area contributed by atoms with Crippen LogP contribution < -0.4 is 15.0 Å². The fourth-order valence-corrected chi connectivity index (χ4v) is 3.46. The van der Waals surface area contributed by atoms with Crippen LogP contribution in [0, 0.1) is 10.1 Å². The number of nitrogens with one attached hydrogen (secondary N) is 1. The second-order valence-corrected chi connectivity index (χ2v) is 7.28. The number of nitrogens with zero attached hydrogens (tertiary/aromatic N) is 3. The third kappa shape index (κ3) is 6.10. The average Bonchev–Trinajstić information content (AvgIpc) is 2.85. The summed E-state index contributed by atoms with van der Waals surface area (Å²) >= 11 is 0. The number of hydrogen-bond acceptors (Lipinski definition) is 9. The van der Waals surface area contributed by atoms with Crippen molar-refractivity contribution in [2.24, 2.45) is 0 Å². The molecule has 11 nitrogen and oxygen atoms in total. The standard InChI is InChI=1S/C22H26N4O7/c1-32-18-5-2-16(3-6-18)24-9-11-25(12-10-24)21(28)15-33-22(29)19-14-17(26(30)31)4-7-20(19)23-8-13-27/h2-7,14,23,27H,8-13,15H2,1H3. The molecule has 0 saturated carbocycles. The van der Waals surface area contributed by atoms with E-state index in [1.54, 1.807) is 12.0 Å². The first-order chi connectivity index (χ1) is 15.9. The quantitative estimate of drug-likeness (QED) is 0.326. The number of carbonyl (C=O) groups is 2. The van der Waals surface area contributed by atoms with E-state index in [0.717, 1.165) is 17.5 Å². The Balaban J connectivity index is 1.55. The maximum Gasteiger partial charge on any atom is 0.341 e. The average molecular weight is 458 g/mol. The molecule has 33 heavy (non-hydrogen) atoms. The second kappa shape index (κ2) is 11.1. The molecule has 0 radical (unpaired) electrons. The molecule has 3 rings (SSSR count). The van der Waals surface area contributed by atoms with Crippen LogP contribution in [0.1, 0.15) is 10.4 Å². The highest BCUT2D eigenvalue weighted by atomic mass is 16.6. The molecule has 1 amide bonds. The Bertz CT molecular complexity index is 989. The Morgan fingerprint density at radius 3 is 2.42 bits per heavy atom. The number of nitro benzene ring substituents is 1. The van der Waals surface area contributed by atoms with E-state index in [-0.39, 0.29) is 36.0 Å². The molecule has 1 heterocycles. The number of methoxy groups -OCH3 is 1. The van der Waals surface area contributed by atoms with Crippen molar-refractivity contribution in [1.29, 1.82) is 0 Å². The van der Waals surface area contributed by atoms with Gasteiger partial charge in [0.1, 0.15) is 5.75 Å². The van der Waals surface area contributed by atoms with Gasteiger partial charge >= 0.3 is 5.97 Å². The van der Waals surface area contributed by atoms with Gasteiger partial charge in [-0.15, -0.1) is 0 Å². The summed E-state index contributed by atoms with van der Waals surface area (Å²) in [6, 6.07) is 11.4. The number of aliphatic hydroxyl groups excluding tert-OH is 1. The molecular formula is C22H26N4O7. The Kier molecular flexibility index (Phi) is 8.03. The van der Waals surface area contributed by atoms with Crippen LogP contribution in [0.2, 0.25) is 0 Å². The minimum Gasteiger partial charge on any atom is -0.497 e. The van der Waals surface area contributed by atoms with E-state index < -0.39 is 17.5 Å². The first kappa shape index (κ1) is 23.8. The first-order valence-electron chi connectivity index (χ1n) is 10.4. The van der Waals surface area contributed by atoms with Gasteiger partial charge in [-0.05, 0) is 30.3 Å². The summed E-state index contributed by atoms with van der Waals surface area (Å²) in [7, 11) is 1.61. The highest BCUT2D eigenvalue weighted by Gasteiger charge is 2.24. The van der Waals surface area contributed by atoms with Crippen LogP contribution >= 0.6 is 0 Å². The van der Waals surface area contributed by atoms with E-state index in [1.165, 1.54) is 12.1 Å². The highest BCUT2D eigenvalue weighted by Crippen LogP contribution is 2.23. The molecule has 0 bridgehead atoms. The molecule has 11 heteroatoms. The van der Waals surface area contributed by atoms with Crippen molar-refractivity contribution in [3.8, 4) is 5.75 Å². The Morgan fingerprint density at radius 1 is 1.12 bits per heavy atom. The lowest BCUT2D eigenvalue weighted by molar-refractivity contribution is -0.384. The largest absolute Gasteiger partial charge is 0.497 e. The van der Waals surface area contributed by atoms with Crippen molar-refractivity contribution in [1.82, 2.24) is 4.90 Å². The highest BCUT2D eigenvalue weighted by molar-refractivity contribution is 5.97. The molecule has 1 aliphatic rings.